The van der Waals surface area contributed by atoms with Crippen LogP contribution in [0.2, 0.25) is 0 Å². The molecule has 0 bridgehead atoms. The van der Waals surface area contributed by atoms with Crippen LogP contribution in [0, 0.1) is 0 Å². The van der Waals surface area contributed by atoms with Gasteiger partial charge in [-0.25, -0.2) is 4.79 Å². The summed E-state index contributed by atoms with van der Waals surface area (Å²) >= 11 is 5.80. The Morgan fingerprint density at radius 2 is 2.05 bits per heavy atom. The van der Waals surface area contributed by atoms with E-state index in [1.807, 2.05) is 6.07 Å². The normalized spacial score (nSPS) is 10.1. The fraction of sp³-hybridized carbons (Fsp3) is 0.429. The van der Waals surface area contributed by atoms with Crippen LogP contribution in [0.5, 0.6) is 0 Å². The van der Waals surface area contributed by atoms with Crippen molar-refractivity contribution in [1.29, 1.82) is 0 Å². The predicted octanol–water partition coefficient (Wildman–Crippen LogP) is 2.71. The number of benzene rings is 1. The third-order valence-electron chi connectivity index (χ3n) is 2.66. The maximum absolute atomic E-state index is 11.8. The molecule has 0 N–H and O–H groups in total. The lowest BCUT2D eigenvalue weighted by atomic mass is 10.0. The van der Waals surface area contributed by atoms with Crippen LogP contribution < -0.4 is 0 Å². The zero-order valence-electron chi connectivity index (χ0n) is 11.1. The van der Waals surface area contributed by atoms with Gasteiger partial charge in [-0.15, -0.1) is 11.6 Å². The minimum absolute atomic E-state index is 0.241. The molecule has 0 aliphatic rings. The maximum Gasteiger partial charge on any atom is 0.338 e. The van der Waals surface area contributed by atoms with Crippen molar-refractivity contribution in [3.05, 3.63) is 34.9 Å². The van der Waals surface area contributed by atoms with Gasteiger partial charge in [0.15, 0.2) is 0 Å². The number of esters is 2. The molecule has 1 aromatic carbocycles. The van der Waals surface area contributed by atoms with Gasteiger partial charge in [-0.2, -0.15) is 0 Å². The number of methoxy groups -OCH3 is 1. The van der Waals surface area contributed by atoms with Crippen molar-refractivity contribution >= 4 is 23.5 Å². The summed E-state index contributed by atoms with van der Waals surface area (Å²) in [6, 6.07) is 5.36. The summed E-state index contributed by atoms with van der Waals surface area (Å²) in [6.07, 6.45) is 0.792. The average molecular weight is 285 g/mol. The Hall–Kier alpha value is -1.55. The predicted molar refractivity (Wildman–Crippen MR) is 72.3 cm³/mol. The van der Waals surface area contributed by atoms with Crippen molar-refractivity contribution in [3.63, 3.8) is 0 Å². The number of alkyl halides is 1. The first kappa shape index (κ1) is 15.5. The molecule has 0 spiro atoms. The topological polar surface area (TPSA) is 52.6 Å². The van der Waals surface area contributed by atoms with Crippen LogP contribution in [0.1, 0.15) is 34.8 Å². The summed E-state index contributed by atoms with van der Waals surface area (Å²) in [5.41, 5.74) is 2.06. The molecule has 0 fully saturated rings. The van der Waals surface area contributed by atoms with Gasteiger partial charge in [0.25, 0.3) is 0 Å². The molecule has 0 aliphatic carbocycles. The van der Waals surface area contributed by atoms with Gasteiger partial charge >= 0.3 is 11.9 Å². The van der Waals surface area contributed by atoms with Crippen molar-refractivity contribution in [2.75, 3.05) is 13.7 Å². The first-order valence-electron chi connectivity index (χ1n) is 6.04. The van der Waals surface area contributed by atoms with Crippen LogP contribution in [-0.2, 0) is 26.6 Å². The van der Waals surface area contributed by atoms with Gasteiger partial charge in [0.05, 0.1) is 19.3 Å². The number of carbonyl (C=O) groups excluding carboxylic acids is 2. The number of hydrogen-bond donors (Lipinski definition) is 0. The smallest absolute Gasteiger partial charge is 0.338 e. The van der Waals surface area contributed by atoms with E-state index in [4.69, 9.17) is 16.3 Å². The number of carbonyl (C=O) groups is 2. The zero-order valence-corrected chi connectivity index (χ0v) is 11.8. The quantitative estimate of drug-likeness (QED) is 0.595. The van der Waals surface area contributed by atoms with E-state index < -0.39 is 5.97 Å². The molecule has 0 aromatic heterocycles. The average Bonchev–Trinajstić information content (AvgIpc) is 2.44. The van der Waals surface area contributed by atoms with E-state index >= 15 is 0 Å². The number of ether oxygens (including phenoxy) is 2. The second-order valence-corrected chi connectivity index (χ2v) is 4.19. The Labute approximate surface area is 117 Å². The molecule has 0 unspecified atom stereocenters. The molecule has 0 amide bonds. The van der Waals surface area contributed by atoms with Crippen LogP contribution >= 0.6 is 11.6 Å². The van der Waals surface area contributed by atoms with E-state index in [1.54, 1.807) is 19.1 Å². The summed E-state index contributed by atoms with van der Waals surface area (Å²) < 4.78 is 9.56. The minimum Gasteiger partial charge on any atom is -0.469 e. The van der Waals surface area contributed by atoms with E-state index in [-0.39, 0.29) is 18.3 Å². The zero-order chi connectivity index (χ0) is 14.3. The van der Waals surface area contributed by atoms with E-state index in [1.165, 1.54) is 7.11 Å². The van der Waals surface area contributed by atoms with Crippen molar-refractivity contribution in [2.24, 2.45) is 0 Å². The third-order valence-corrected chi connectivity index (χ3v) is 2.95. The Morgan fingerprint density at radius 3 is 2.63 bits per heavy atom. The fourth-order valence-corrected chi connectivity index (χ4v) is 1.88. The van der Waals surface area contributed by atoms with Crippen molar-refractivity contribution in [3.8, 4) is 0 Å². The Balaban J connectivity index is 2.88. The summed E-state index contributed by atoms with van der Waals surface area (Å²) in [7, 11) is 1.35. The molecular formula is C14H17ClO4. The number of aryl methyl sites for hydroxylation is 1. The molecule has 19 heavy (non-hydrogen) atoms. The van der Waals surface area contributed by atoms with Crippen LogP contribution in [-0.4, -0.2) is 25.7 Å². The molecule has 5 heteroatoms. The van der Waals surface area contributed by atoms with Gasteiger partial charge in [-0.3, -0.25) is 4.79 Å². The molecule has 1 aromatic rings. The van der Waals surface area contributed by atoms with Crippen LogP contribution in [0.3, 0.4) is 0 Å². The number of hydrogen-bond acceptors (Lipinski definition) is 4. The second-order valence-electron chi connectivity index (χ2n) is 3.92. The highest BCUT2D eigenvalue weighted by Gasteiger charge is 2.13. The van der Waals surface area contributed by atoms with Gasteiger partial charge in [0, 0.05) is 12.3 Å². The lowest BCUT2D eigenvalue weighted by Crippen LogP contribution is -2.09. The summed E-state index contributed by atoms with van der Waals surface area (Å²) in [4.78, 5) is 22.9. The van der Waals surface area contributed by atoms with Gasteiger partial charge < -0.3 is 9.47 Å². The second kappa shape index (κ2) is 7.79. The highest BCUT2D eigenvalue weighted by molar-refractivity contribution is 6.17. The highest BCUT2D eigenvalue weighted by Crippen LogP contribution is 2.17. The third kappa shape index (κ3) is 4.56. The van der Waals surface area contributed by atoms with Crippen molar-refractivity contribution < 1.29 is 19.1 Å². The minimum atomic E-state index is -0.391. The first-order chi connectivity index (χ1) is 9.12. The first-order valence-corrected chi connectivity index (χ1v) is 6.57. The SMILES string of the molecule is CCOC(=O)c1cc(CCC(=O)OC)ccc1CCl. The van der Waals surface area contributed by atoms with Crippen LogP contribution in [0.15, 0.2) is 18.2 Å². The summed E-state index contributed by atoms with van der Waals surface area (Å²) in [5.74, 6) is -0.428. The summed E-state index contributed by atoms with van der Waals surface area (Å²) in [5, 5.41) is 0. The van der Waals surface area contributed by atoms with Gasteiger partial charge in [-0.1, -0.05) is 12.1 Å². The molecular weight excluding hydrogens is 268 g/mol. The lowest BCUT2D eigenvalue weighted by molar-refractivity contribution is -0.140. The van der Waals surface area contributed by atoms with Gasteiger partial charge in [-0.05, 0) is 30.5 Å². The van der Waals surface area contributed by atoms with Crippen molar-refractivity contribution in [1.82, 2.24) is 0 Å². The summed E-state index contributed by atoms with van der Waals surface area (Å²) in [6.45, 7) is 2.06. The van der Waals surface area contributed by atoms with Crippen LogP contribution in [0.25, 0.3) is 0 Å². The molecule has 0 saturated carbocycles. The van der Waals surface area contributed by atoms with E-state index in [9.17, 15) is 9.59 Å². The molecule has 4 nitrogen and oxygen atoms in total. The Kier molecular flexibility index (Phi) is 6.36. The van der Waals surface area contributed by atoms with Gasteiger partial charge in [0.2, 0.25) is 0 Å². The van der Waals surface area contributed by atoms with Gasteiger partial charge in [0.1, 0.15) is 0 Å². The molecule has 0 heterocycles. The monoisotopic (exact) mass is 284 g/mol. The largest absolute Gasteiger partial charge is 0.469 e. The molecule has 0 radical (unpaired) electrons. The molecule has 104 valence electrons. The maximum atomic E-state index is 11.8. The molecule has 1 rings (SSSR count). The van der Waals surface area contributed by atoms with E-state index in [2.05, 4.69) is 4.74 Å². The van der Waals surface area contributed by atoms with Crippen molar-refractivity contribution in [2.45, 2.75) is 25.6 Å². The lowest BCUT2D eigenvalue weighted by Gasteiger charge is -2.09. The Bertz CT molecular complexity index is 457. The highest BCUT2D eigenvalue weighted by atomic mass is 35.5. The standard InChI is InChI=1S/C14H17ClO4/c1-3-19-14(17)12-8-10(4-6-11(12)9-15)5-7-13(16)18-2/h4,6,8H,3,5,7,9H2,1-2H3. The molecule has 0 atom stereocenters. The Morgan fingerprint density at radius 1 is 1.32 bits per heavy atom. The van der Waals surface area contributed by atoms with E-state index in [0.29, 0.717) is 18.6 Å². The number of halogens is 1. The van der Waals surface area contributed by atoms with E-state index in [0.717, 1.165) is 11.1 Å². The fourth-order valence-electron chi connectivity index (χ4n) is 1.64. The van der Waals surface area contributed by atoms with Crippen LogP contribution in [0.4, 0.5) is 0 Å². The molecule has 0 aliphatic heterocycles. The number of rotatable bonds is 6. The molecule has 0 saturated heterocycles.